The fourth-order valence-corrected chi connectivity index (χ4v) is 5.53. The van der Waals surface area contributed by atoms with Gasteiger partial charge in [-0.2, -0.15) is 0 Å². The Balaban J connectivity index is 1.52. The zero-order valence-corrected chi connectivity index (χ0v) is 20.0. The van der Waals surface area contributed by atoms with Gasteiger partial charge in [0, 0.05) is 24.0 Å². The standard InChI is InChI=1S/C22H21BrN4O2S2/c1-29-16-8-3-2-6-14(16)25-19(28)11-13-27-21(17-9-10-18(23)31-17)20(26-22(27)30)15-7-4-5-12-24-15/h2-10,12,20-21H,11,13H2,1H3,(H,25,28)(H,26,30)/t20-,21-/m1/s1. The number of ether oxygens (including phenoxy) is 1. The van der Waals surface area contributed by atoms with Crippen LogP contribution in [0.3, 0.4) is 0 Å². The summed E-state index contributed by atoms with van der Waals surface area (Å²) in [5.41, 5.74) is 1.57. The first-order valence-corrected chi connectivity index (χ1v) is 11.7. The van der Waals surface area contributed by atoms with Gasteiger partial charge in [0.1, 0.15) is 5.75 Å². The van der Waals surface area contributed by atoms with Crippen LogP contribution in [0.15, 0.2) is 64.6 Å². The number of anilines is 1. The smallest absolute Gasteiger partial charge is 0.226 e. The van der Waals surface area contributed by atoms with Gasteiger partial charge in [0.15, 0.2) is 5.11 Å². The first-order valence-electron chi connectivity index (χ1n) is 9.73. The summed E-state index contributed by atoms with van der Waals surface area (Å²) in [5.74, 6) is 0.533. The molecule has 1 aliphatic heterocycles. The zero-order chi connectivity index (χ0) is 21.8. The molecule has 9 heteroatoms. The van der Waals surface area contributed by atoms with Crippen LogP contribution < -0.4 is 15.4 Å². The highest BCUT2D eigenvalue weighted by Crippen LogP contribution is 2.42. The molecule has 4 rings (SSSR count). The number of aromatic nitrogens is 1. The Morgan fingerprint density at radius 3 is 2.77 bits per heavy atom. The van der Waals surface area contributed by atoms with Gasteiger partial charge in [-0.1, -0.05) is 18.2 Å². The van der Waals surface area contributed by atoms with E-state index in [4.69, 9.17) is 17.0 Å². The molecule has 0 aliphatic carbocycles. The number of thiocarbonyl (C=S) groups is 1. The lowest BCUT2D eigenvalue weighted by atomic mass is 10.0. The number of amides is 1. The molecule has 1 fully saturated rings. The molecule has 6 nitrogen and oxygen atoms in total. The predicted molar refractivity (Wildman–Crippen MR) is 130 cm³/mol. The van der Waals surface area contributed by atoms with E-state index in [0.29, 0.717) is 23.1 Å². The molecule has 2 N–H and O–H groups in total. The molecular formula is C22H21BrN4O2S2. The van der Waals surface area contributed by atoms with E-state index in [1.165, 1.54) is 0 Å². The van der Waals surface area contributed by atoms with Crippen molar-refractivity contribution in [2.75, 3.05) is 19.0 Å². The van der Waals surface area contributed by atoms with Crippen LogP contribution >= 0.6 is 39.5 Å². The first-order chi connectivity index (χ1) is 15.1. The summed E-state index contributed by atoms with van der Waals surface area (Å²) in [6, 6.07) is 17.2. The second kappa shape index (κ2) is 9.76. The monoisotopic (exact) mass is 516 g/mol. The number of nitrogens with one attached hydrogen (secondary N) is 2. The average Bonchev–Trinajstić information content (AvgIpc) is 3.35. The van der Waals surface area contributed by atoms with Crippen LogP contribution in [-0.2, 0) is 4.79 Å². The summed E-state index contributed by atoms with van der Waals surface area (Å²) < 4.78 is 6.37. The van der Waals surface area contributed by atoms with Crippen molar-refractivity contribution in [1.29, 1.82) is 0 Å². The maximum atomic E-state index is 12.7. The lowest BCUT2D eigenvalue weighted by Crippen LogP contribution is -2.32. The molecule has 3 heterocycles. The highest BCUT2D eigenvalue weighted by molar-refractivity contribution is 9.11. The number of halogens is 1. The van der Waals surface area contributed by atoms with Crippen LogP contribution in [-0.4, -0.2) is 34.6 Å². The van der Waals surface area contributed by atoms with Gasteiger partial charge in [-0.15, -0.1) is 11.3 Å². The first kappa shape index (κ1) is 21.7. The molecule has 0 radical (unpaired) electrons. The Morgan fingerprint density at radius 1 is 1.26 bits per heavy atom. The summed E-state index contributed by atoms with van der Waals surface area (Å²) in [6.07, 6.45) is 2.07. The van der Waals surface area contributed by atoms with Crippen molar-refractivity contribution < 1.29 is 9.53 Å². The Bertz CT molecular complexity index is 1080. The van der Waals surface area contributed by atoms with Gasteiger partial charge in [-0.25, -0.2) is 0 Å². The molecule has 1 aliphatic rings. The van der Waals surface area contributed by atoms with E-state index in [-0.39, 0.29) is 24.4 Å². The highest BCUT2D eigenvalue weighted by Gasteiger charge is 2.40. The van der Waals surface area contributed by atoms with E-state index in [1.54, 1.807) is 24.6 Å². The number of methoxy groups -OCH3 is 1. The maximum Gasteiger partial charge on any atom is 0.226 e. The molecule has 1 saturated heterocycles. The highest BCUT2D eigenvalue weighted by atomic mass is 79.9. The van der Waals surface area contributed by atoms with Gasteiger partial charge in [0.25, 0.3) is 0 Å². The number of para-hydroxylation sites is 2. The van der Waals surface area contributed by atoms with Crippen LogP contribution in [0.25, 0.3) is 0 Å². The molecule has 160 valence electrons. The van der Waals surface area contributed by atoms with Crippen molar-refractivity contribution in [3.63, 3.8) is 0 Å². The van der Waals surface area contributed by atoms with Gasteiger partial charge in [-0.05, 0) is 64.5 Å². The van der Waals surface area contributed by atoms with Crippen molar-refractivity contribution in [2.24, 2.45) is 0 Å². The molecule has 0 saturated carbocycles. The van der Waals surface area contributed by atoms with Gasteiger partial charge < -0.3 is 20.3 Å². The number of carbonyl (C=O) groups excluding carboxylic acids is 1. The van der Waals surface area contributed by atoms with Crippen LogP contribution in [0.2, 0.25) is 0 Å². The van der Waals surface area contributed by atoms with E-state index in [2.05, 4.69) is 42.5 Å². The number of pyridine rings is 1. The fourth-order valence-electron chi connectivity index (χ4n) is 3.63. The second-order valence-electron chi connectivity index (χ2n) is 6.96. The SMILES string of the molecule is COc1ccccc1NC(=O)CCN1C(=S)N[C@H](c2ccccn2)[C@H]1c1ccc(Br)s1. The van der Waals surface area contributed by atoms with E-state index >= 15 is 0 Å². The van der Waals surface area contributed by atoms with Crippen molar-refractivity contribution in [3.8, 4) is 5.75 Å². The van der Waals surface area contributed by atoms with E-state index in [0.717, 1.165) is 14.4 Å². The average molecular weight is 517 g/mol. The van der Waals surface area contributed by atoms with E-state index in [1.807, 2.05) is 48.5 Å². The summed E-state index contributed by atoms with van der Waals surface area (Å²) >= 11 is 10.9. The number of thiophene rings is 1. The number of rotatable bonds is 7. The Hall–Kier alpha value is -2.49. The van der Waals surface area contributed by atoms with Crippen LogP contribution in [0.4, 0.5) is 5.69 Å². The molecule has 2 atom stereocenters. The van der Waals surface area contributed by atoms with Crippen molar-refractivity contribution >= 4 is 56.2 Å². The van der Waals surface area contributed by atoms with Crippen LogP contribution in [0, 0.1) is 0 Å². The number of hydrogen-bond acceptors (Lipinski definition) is 5. The fraction of sp³-hybridized carbons (Fsp3) is 0.227. The molecule has 1 amide bonds. The summed E-state index contributed by atoms with van der Waals surface area (Å²) in [4.78, 5) is 20.4. The quantitative estimate of drug-likeness (QED) is 0.434. The largest absolute Gasteiger partial charge is 0.495 e. The minimum atomic E-state index is -0.0975. The second-order valence-corrected chi connectivity index (χ2v) is 9.84. The number of hydrogen-bond donors (Lipinski definition) is 2. The Morgan fingerprint density at radius 2 is 2.06 bits per heavy atom. The van der Waals surface area contributed by atoms with E-state index in [9.17, 15) is 4.79 Å². The predicted octanol–water partition coefficient (Wildman–Crippen LogP) is 4.92. The lowest BCUT2D eigenvalue weighted by Gasteiger charge is -2.26. The maximum absolute atomic E-state index is 12.7. The van der Waals surface area contributed by atoms with Crippen LogP contribution in [0.5, 0.6) is 5.75 Å². The Kier molecular flexibility index (Phi) is 6.84. The summed E-state index contributed by atoms with van der Waals surface area (Å²) in [5, 5.41) is 6.96. The van der Waals surface area contributed by atoms with Crippen molar-refractivity contribution in [2.45, 2.75) is 18.5 Å². The molecule has 3 aromatic rings. The third kappa shape index (κ3) is 4.89. The minimum Gasteiger partial charge on any atom is -0.495 e. The topological polar surface area (TPSA) is 66.5 Å². The molecular weight excluding hydrogens is 496 g/mol. The third-order valence-electron chi connectivity index (χ3n) is 5.04. The molecule has 0 bridgehead atoms. The number of carbonyl (C=O) groups is 1. The normalized spacial score (nSPS) is 18.0. The summed E-state index contributed by atoms with van der Waals surface area (Å²) in [7, 11) is 1.58. The molecule has 1 aromatic carbocycles. The van der Waals surface area contributed by atoms with Gasteiger partial charge >= 0.3 is 0 Å². The minimum absolute atomic E-state index is 0.0437. The van der Waals surface area contributed by atoms with E-state index < -0.39 is 0 Å². The van der Waals surface area contributed by atoms with Gasteiger partial charge in [0.2, 0.25) is 5.91 Å². The van der Waals surface area contributed by atoms with Crippen LogP contribution in [0.1, 0.15) is 29.1 Å². The zero-order valence-electron chi connectivity index (χ0n) is 16.7. The molecule has 2 aromatic heterocycles. The number of nitrogens with zero attached hydrogens (tertiary/aromatic N) is 2. The van der Waals surface area contributed by atoms with Gasteiger partial charge in [-0.3, -0.25) is 9.78 Å². The van der Waals surface area contributed by atoms with Gasteiger partial charge in [0.05, 0.1) is 34.4 Å². The van der Waals surface area contributed by atoms with Crippen molar-refractivity contribution in [3.05, 3.63) is 75.2 Å². The third-order valence-corrected chi connectivity index (χ3v) is 7.09. The molecule has 0 spiro atoms. The Labute approximate surface area is 198 Å². The van der Waals surface area contributed by atoms with Crippen molar-refractivity contribution in [1.82, 2.24) is 15.2 Å². The molecule has 31 heavy (non-hydrogen) atoms. The lowest BCUT2D eigenvalue weighted by molar-refractivity contribution is -0.116. The molecule has 0 unspecified atom stereocenters. The summed E-state index contributed by atoms with van der Waals surface area (Å²) in [6.45, 7) is 0.482. The number of benzene rings is 1.